The number of nitrogens with one attached hydrogen (secondary N) is 1. The van der Waals surface area contributed by atoms with Gasteiger partial charge in [-0.25, -0.2) is 0 Å². The van der Waals surface area contributed by atoms with Crippen molar-refractivity contribution in [2.75, 3.05) is 16.8 Å². The smallest absolute Gasteiger partial charge is 0.293 e. The van der Waals surface area contributed by atoms with Gasteiger partial charge in [0, 0.05) is 22.9 Å². The number of anilines is 2. The first-order valence-corrected chi connectivity index (χ1v) is 9.03. The van der Waals surface area contributed by atoms with Gasteiger partial charge in [0.05, 0.1) is 16.8 Å². The summed E-state index contributed by atoms with van der Waals surface area (Å²) in [4.78, 5) is 26.8. The van der Waals surface area contributed by atoms with E-state index in [1.807, 2.05) is 6.07 Å². The minimum Gasteiger partial charge on any atom is -0.459 e. The van der Waals surface area contributed by atoms with Gasteiger partial charge in [-0.05, 0) is 54.4 Å². The molecule has 0 atom stereocenters. The fourth-order valence-corrected chi connectivity index (χ4v) is 3.57. The summed E-state index contributed by atoms with van der Waals surface area (Å²) >= 11 is 12.0. The molecule has 4 rings (SSSR count). The normalized spacial score (nSPS) is 12.7. The molecular formula is C20H14Cl2N2O3. The Balaban J connectivity index is 1.58. The van der Waals surface area contributed by atoms with Crippen molar-refractivity contribution in [1.29, 1.82) is 0 Å². The third kappa shape index (κ3) is 3.44. The van der Waals surface area contributed by atoms with Gasteiger partial charge in [-0.15, -0.1) is 0 Å². The number of nitrogens with zero attached hydrogens (tertiary/aromatic N) is 1. The van der Waals surface area contributed by atoms with E-state index in [1.165, 1.54) is 12.3 Å². The first kappa shape index (κ1) is 17.6. The van der Waals surface area contributed by atoms with Gasteiger partial charge in [-0.3, -0.25) is 9.59 Å². The highest BCUT2D eigenvalue weighted by molar-refractivity contribution is 6.37. The molecule has 0 saturated heterocycles. The molecule has 3 aromatic rings. The number of rotatable bonds is 3. The second-order valence-electron chi connectivity index (χ2n) is 6.11. The van der Waals surface area contributed by atoms with E-state index >= 15 is 0 Å². The molecule has 1 aliphatic heterocycles. The monoisotopic (exact) mass is 400 g/mol. The van der Waals surface area contributed by atoms with Gasteiger partial charge in [0.1, 0.15) is 0 Å². The van der Waals surface area contributed by atoms with Gasteiger partial charge in [0.25, 0.3) is 11.8 Å². The Labute approximate surface area is 165 Å². The van der Waals surface area contributed by atoms with E-state index in [1.54, 1.807) is 41.3 Å². The molecule has 0 fully saturated rings. The van der Waals surface area contributed by atoms with Crippen LogP contribution >= 0.6 is 23.2 Å². The van der Waals surface area contributed by atoms with Crippen LogP contribution in [0.5, 0.6) is 0 Å². The van der Waals surface area contributed by atoms with Crippen LogP contribution in [0.3, 0.4) is 0 Å². The molecule has 136 valence electrons. The molecule has 0 aliphatic carbocycles. The number of amides is 2. The fraction of sp³-hybridized carbons (Fsp3) is 0.100. The Morgan fingerprint density at radius 1 is 1.07 bits per heavy atom. The standard InChI is InChI=1S/C20H14Cl2N2O3/c21-13-4-6-15(16(22)10-13)19(25)23-14-5-3-12-7-8-24(17(12)11-14)20(26)18-2-1-9-27-18/h1-6,9-11H,7-8H2,(H,23,25). The highest BCUT2D eigenvalue weighted by Gasteiger charge is 2.27. The lowest BCUT2D eigenvalue weighted by Crippen LogP contribution is -2.28. The lowest BCUT2D eigenvalue weighted by Gasteiger charge is -2.17. The molecule has 2 aromatic carbocycles. The van der Waals surface area contributed by atoms with Gasteiger partial charge in [-0.2, -0.15) is 0 Å². The van der Waals surface area contributed by atoms with Crippen molar-refractivity contribution >= 4 is 46.4 Å². The average molecular weight is 401 g/mol. The van der Waals surface area contributed by atoms with Crippen LogP contribution < -0.4 is 10.2 Å². The maximum absolute atomic E-state index is 12.6. The average Bonchev–Trinajstić information content (AvgIpc) is 3.31. The zero-order chi connectivity index (χ0) is 19.0. The molecule has 0 spiro atoms. The molecule has 1 aromatic heterocycles. The summed E-state index contributed by atoms with van der Waals surface area (Å²) < 4.78 is 5.21. The third-order valence-corrected chi connectivity index (χ3v) is 4.94. The number of hydrogen-bond acceptors (Lipinski definition) is 3. The minimum atomic E-state index is -0.349. The number of furan rings is 1. The van der Waals surface area contributed by atoms with Crippen LogP contribution in [0.25, 0.3) is 0 Å². The second kappa shape index (κ2) is 7.10. The van der Waals surface area contributed by atoms with Crippen LogP contribution in [0.15, 0.2) is 59.2 Å². The number of hydrogen-bond donors (Lipinski definition) is 1. The summed E-state index contributed by atoms with van der Waals surface area (Å²) in [7, 11) is 0. The van der Waals surface area contributed by atoms with Crippen LogP contribution in [0, 0.1) is 0 Å². The van der Waals surface area contributed by atoms with Crippen molar-refractivity contribution in [1.82, 2.24) is 0 Å². The Morgan fingerprint density at radius 3 is 2.67 bits per heavy atom. The van der Waals surface area contributed by atoms with Crippen LogP contribution in [0.2, 0.25) is 10.0 Å². The van der Waals surface area contributed by atoms with E-state index in [4.69, 9.17) is 27.6 Å². The van der Waals surface area contributed by atoms with Crippen molar-refractivity contribution in [2.24, 2.45) is 0 Å². The molecule has 0 saturated carbocycles. The summed E-state index contributed by atoms with van der Waals surface area (Å²) in [6, 6.07) is 13.5. The highest BCUT2D eigenvalue weighted by Crippen LogP contribution is 2.32. The van der Waals surface area contributed by atoms with E-state index in [2.05, 4.69) is 5.32 Å². The number of fused-ring (bicyclic) bond motifs is 1. The molecule has 27 heavy (non-hydrogen) atoms. The molecule has 0 bridgehead atoms. The molecule has 0 radical (unpaired) electrons. The Kier molecular flexibility index (Phi) is 4.64. The van der Waals surface area contributed by atoms with Gasteiger partial charge in [0.2, 0.25) is 0 Å². The summed E-state index contributed by atoms with van der Waals surface area (Å²) in [5.41, 5.74) is 2.70. The van der Waals surface area contributed by atoms with E-state index < -0.39 is 0 Å². The third-order valence-electron chi connectivity index (χ3n) is 4.39. The Bertz CT molecular complexity index is 1030. The van der Waals surface area contributed by atoms with Crippen LogP contribution in [0.4, 0.5) is 11.4 Å². The quantitative estimate of drug-likeness (QED) is 0.669. The molecule has 0 unspecified atom stereocenters. The minimum absolute atomic E-state index is 0.206. The van der Waals surface area contributed by atoms with Crippen molar-refractivity contribution in [3.05, 3.63) is 81.7 Å². The fourth-order valence-electron chi connectivity index (χ4n) is 3.07. The molecule has 2 amide bonds. The summed E-state index contributed by atoms with van der Waals surface area (Å²) in [6.07, 6.45) is 2.22. The van der Waals surface area contributed by atoms with E-state index in [0.717, 1.165) is 17.7 Å². The summed E-state index contributed by atoms with van der Waals surface area (Å²) in [6.45, 7) is 0.565. The van der Waals surface area contributed by atoms with Crippen molar-refractivity contribution in [3.8, 4) is 0 Å². The van der Waals surface area contributed by atoms with Crippen LogP contribution in [-0.4, -0.2) is 18.4 Å². The molecule has 5 nitrogen and oxygen atoms in total. The highest BCUT2D eigenvalue weighted by atomic mass is 35.5. The maximum Gasteiger partial charge on any atom is 0.293 e. The molecule has 1 aliphatic rings. The summed E-state index contributed by atoms with van der Waals surface area (Å²) in [5.74, 6) is -0.272. The van der Waals surface area contributed by atoms with Crippen LogP contribution in [-0.2, 0) is 6.42 Å². The lowest BCUT2D eigenvalue weighted by molar-refractivity contribution is 0.0962. The zero-order valence-corrected chi connectivity index (χ0v) is 15.6. The number of carbonyl (C=O) groups is 2. The SMILES string of the molecule is O=C(Nc1ccc2c(c1)N(C(=O)c1ccco1)CC2)c1ccc(Cl)cc1Cl. The van der Waals surface area contributed by atoms with Crippen LogP contribution in [0.1, 0.15) is 26.5 Å². The molecule has 7 heteroatoms. The Morgan fingerprint density at radius 2 is 1.93 bits per heavy atom. The van der Waals surface area contributed by atoms with Gasteiger partial charge in [-0.1, -0.05) is 29.3 Å². The zero-order valence-electron chi connectivity index (χ0n) is 14.0. The summed E-state index contributed by atoms with van der Waals surface area (Å²) in [5, 5.41) is 3.55. The van der Waals surface area contributed by atoms with Crippen molar-refractivity contribution < 1.29 is 14.0 Å². The molecular weight excluding hydrogens is 387 g/mol. The first-order valence-electron chi connectivity index (χ1n) is 8.27. The van der Waals surface area contributed by atoms with E-state index in [0.29, 0.717) is 22.8 Å². The Hall–Kier alpha value is -2.76. The first-order chi connectivity index (χ1) is 13.0. The van der Waals surface area contributed by atoms with Gasteiger partial charge in [0.15, 0.2) is 5.76 Å². The predicted octanol–water partition coefficient (Wildman–Crippen LogP) is 5.04. The largest absolute Gasteiger partial charge is 0.459 e. The molecule has 1 N–H and O–H groups in total. The van der Waals surface area contributed by atoms with Crippen molar-refractivity contribution in [2.45, 2.75) is 6.42 Å². The predicted molar refractivity (Wildman–Crippen MR) is 105 cm³/mol. The van der Waals surface area contributed by atoms with E-state index in [9.17, 15) is 9.59 Å². The van der Waals surface area contributed by atoms with Crippen molar-refractivity contribution in [3.63, 3.8) is 0 Å². The number of halogens is 2. The van der Waals surface area contributed by atoms with E-state index in [-0.39, 0.29) is 22.6 Å². The lowest BCUT2D eigenvalue weighted by atomic mass is 10.1. The topological polar surface area (TPSA) is 62.6 Å². The maximum atomic E-state index is 12.6. The number of carbonyl (C=O) groups excluding carboxylic acids is 2. The van der Waals surface area contributed by atoms with Gasteiger partial charge < -0.3 is 14.6 Å². The van der Waals surface area contributed by atoms with Gasteiger partial charge >= 0.3 is 0 Å². The second-order valence-corrected chi connectivity index (χ2v) is 6.95. The molecule has 2 heterocycles. The number of benzene rings is 2.